The van der Waals surface area contributed by atoms with E-state index in [0.717, 1.165) is 0 Å². The minimum absolute atomic E-state index is 0.646. The third-order valence-electron chi connectivity index (χ3n) is 0.931. The van der Waals surface area contributed by atoms with Crippen molar-refractivity contribution in [2.45, 2.75) is 0 Å². The number of carbonyl (C=O) groups excluding carboxylic acids is 1. The van der Waals surface area contributed by atoms with Crippen LogP contribution in [0.1, 0.15) is 0 Å². The van der Waals surface area contributed by atoms with Crippen LogP contribution in [0, 0.1) is 0 Å². The second-order valence-corrected chi connectivity index (χ2v) is 1.95. The van der Waals surface area contributed by atoms with E-state index in [2.05, 4.69) is 9.73 Å². The van der Waals surface area contributed by atoms with E-state index in [9.17, 15) is 4.79 Å². The Labute approximate surface area is 71.7 Å². The Morgan fingerprint density at radius 3 is 2.17 bits per heavy atom. The zero-order valence-electron chi connectivity index (χ0n) is 7.15. The molecule has 0 bridgehead atoms. The van der Waals surface area contributed by atoms with Gasteiger partial charge in [-0.25, -0.2) is 4.79 Å². The average molecular weight is 165 g/mol. The molecule has 3 nitrogen and oxygen atoms in total. The summed E-state index contributed by atoms with van der Waals surface area (Å²) in [5, 5.41) is 0. The molecule has 0 unspecified atom stereocenters. The predicted octanol–water partition coefficient (Wildman–Crippen LogP) is 1.92. The van der Waals surface area contributed by atoms with E-state index in [1.165, 1.54) is 6.08 Å². The van der Waals surface area contributed by atoms with Crippen LogP contribution in [-0.4, -0.2) is 20.3 Å². The summed E-state index contributed by atoms with van der Waals surface area (Å²) in [6.45, 7) is 0. The number of methoxy groups -OCH3 is 1. The Balaban J connectivity index is 0.000000354. The van der Waals surface area contributed by atoms with Gasteiger partial charge in [-0.1, -0.05) is 18.2 Å². The van der Waals surface area contributed by atoms with E-state index < -0.39 is 0 Å². The standard InChI is InChI=1S/C7H5NO.C2H6O/c9-6-8-7-4-2-1-3-5-7;1-3-2/h1-5H;1-2H3. The summed E-state index contributed by atoms with van der Waals surface area (Å²) in [5.41, 5.74) is 0.646. The van der Waals surface area contributed by atoms with E-state index in [1.54, 1.807) is 26.4 Å². The van der Waals surface area contributed by atoms with Gasteiger partial charge in [-0.15, -0.1) is 0 Å². The second-order valence-electron chi connectivity index (χ2n) is 1.95. The van der Waals surface area contributed by atoms with Crippen LogP contribution < -0.4 is 0 Å². The van der Waals surface area contributed by atoms with Crippen LogP contribution >= 0.6 is 0 Å². The first kappa shape index (κ1) is 10.6. The molecule has 0 N–H and O–H groups in total. The molecule has 0 aliphatic heterocycles. The summed E-state index contributed by atoms with van der Waals surface area (Å²) in [4.78, 5) is 13.1. The average Bonchev–Trinajstić information content (AvgIpc) is 2.08. The SMILES string of the molecule is COC.O=C=Nc1ccccc1. The third-order valence-corrected chi connectivity index (χ3v) is 0.931. The maximum atomic E-state index is 9.68. The minimum atomic E-state index is 0.646. The number of benzene rings is 1. The molecule has 0 fully saturated rings. The summed E-state index contributed by atoms with van der Waals surface area (Å²) >= 11 is 0. The number of aliphatic imine (C=N–C) groups is 1. The highest BCUT2D eigenvalue weighted by atomic mass is 16.4. The van der Waals surface area contributed by atoms with E-state index in [0.29, 0.717) is 5.69 Å². The molecule has 0 spiro atoms. The molecule has 0 aliphatic carbocycles. The number of hydrogen-bond acceptors (Lipinski definition) is 3. The molecule has 64 valence electrons. The summed E-state index contributed by atoms with van der Waals surface area (Å²) in [6, 6.07) is 8.98. The number of para-hydroxylation sites is 1. The number of hydrogen-bond donors (Lipinski definition) is 0. The topological polar surface area (TPSA) is 38.7 Å². The Kier molecular flexibility index (Phi) is 6.74. The summed E-state index contributed by atoms with van der Waals surface area (Å²) in [5.74, 6) is 0. The van der Waals surface area contributed by atoms with Gasteiger partial charge in [-0.05, 0) is 12.1 Å². The van der Waals surface area contributed by atoms with Crippen molar-refractivity contribution in [2.24, 2.45) is 4.99 Å². The Hall–Kier alpha value is -1.44. The monoisotopic (exact) mass is 165 g/mol. The van der Waals surface area contributed by atoms with Crippen LogP contribution in [-0.2, 0) is 9.53 Å². The van der Waals surface area contributed by atoms with Crippen molar-refractivity contribution in [1.82, 2.24) is 0 Å². The first-order valence-corrected chi connectivity index (χ1v) is 3.38. The molecule has 0 atom stereocenters. The van der Waals surface area contributed by atoms with Crippen molar-refractivity contribution in [3.05, 3.63) is 30.3 Å². The van der Waals surface area contributed by atoms with Gasteiger partial charge in [0.25, 0.3) is 0 Å². The number of nitrogens with zero attached hydrogens (tertiary/aromatic N) is 1. The highest BCUT2D eigenvalue weighted by molar-refractivity contribution is 5.47. The van der Waals surface area contributed by atoms with E-state index in [4.69, 9.17) is 0 Å². The van der Waals surface area contributed by atoms with Crippen molar-refractivity contribution in [2.75, 3.05) is 14.2 Å². The lowest BCUT2D eigenvalue weighted by Crippen LogP contribution is -1.59. The fourth-order valence-corrected chi connectivity index (χ4v) is 0.555. The van der Waals surface area contributed by atoms with Gasteiger partial charge in [0, 0.05) is 14.2 Å². The first-order valence-electron chi connectivity index (χ1n) is 3.38. The lowest BCUT2D eigenvalue weighted by molar-refractivity contribution is 0.277. The van der Waals surface area contributed by atoms with Crippen LogP contribution in [0.25, 0.3) is 0 Å². The van der Waals surface area contributed by atoms with Gasteiger partial charge in [0.15, 0.2) is 0 Å². The second kappa shape index (κ2) is 7.66. The first-order chi connectivity index (χ1) is 5.85. The number of ether oxygens (including phenoxy) is 1. The molecular weight excluding hydrogens is 154 g/mol. The Morgan fingerprint density at radius 1 is 1.25 bits per heavy atom. The zero-order chi connectivity index (χ0) is 9.23. The molecule has 0 aromatic heterocycles. The van der Waals surface area contributed by atoms with Gasteiger partial charge in [0.1, 0.15) is 0 Å². The smallest absolute Gasteiger partial charge is 0.240 e. The molecule has 12 heavy (non-hydrogen) atoms. The van der Waals surface area contributed by atoms with Crippen LogP contribution in [0.5, 0.6) is 0 Å². The summed E-state index contributed by atoms with van der Waals surface area (Å²) < 4.78 is 4.25. The molecule has 0 aliphatic rings. The van der Waals surface area contributed by atoms with Crippen molar-refractivity contribution in [3.8, 4) is 0 Å². The quantitative estimate of drug-likeness (QED) is 0.471. The molecule has 0 radical (unpaired) electrons. The van der Waals surface area contributed by atoms with Crippen molar-refractivity contribution in [1.29, 1.82) is 0 Å². The molecule has 3 heteroatoms. The molecule has 0 heterocycles. The molecule has 0 saturated carbocycles. The minimum Gasteiger partial charge on any atom is -0.388 e. The number of isocyanates is 1. The lowest BCUT2D eigenvalue weighted by atomic mass is 10.3. The Morgan fingerprint density at radius 2 is 1.75 bits per heavy atom. The zero-order valence-corrected chi connectivity index (χ0v) is 7.15. The van der Waals surface area contributed by atoms with Gasteiger partial charge < -0.3 is 4.74 Å². The Bertz CT molecular complexity index is 240. The van der Waals surface area contributed by atoms with Gasteiger partial charge in [-0.3, -0.25) is 0 Å². The third kappa shape index (κ3) is 5.35. The van der Waals surface area contributed by atoms with Crippen LogP contribution in [0.4, 0.5) is 5.69 Å². The highest BCUT2D eigenvalue weighted by Gasteiger charge is 1.79. The fraction of sp³-hybridized carbons (Fsp3) is 0.222. The maximum Gasteiger partial charge on any atom is 0.240 e. The number of rotatable bonds is 1. The lowest BCUT2D eigenvalue weighted by Gasteiger charge is -1.83. The van der Waals surface area contributed by atoms with Crippen molar-refractivity contribution >= 4 is 11.8 Å². The molecule has 1 rings (SSSR count). The molecular formula is C9H11NO2. The highest BCUT2D eigenvalue weighted by Crippen LogP contribution is 2.06. The van der Waals surface area contributed by atoms with Crippen LogP contribution in [0.2, 0.25) is 0 Å². The summed E-state index contributed by atoms with van der Waals surface area (Å²) in [7, 11) is 3.25. The van der Waals surface area contributed by atoms with Gasteiger partial charge >= 0.3 is 0 Å². The normalized spacial score (nSPS) is 7.50. The van der Waals surface area contributed by atoms with Gasteiger partial charge in [0.05, 0.1) is 5.69 Å². The maximum absolute atomic E-state index is 9.68. The van der Waals surface area contributed by atoms with Crippen molar-refractivity contribution < 1.29 is 9.53 Å². The molecule has 0 saturated heterocycles. The molecule has 1 aromatic rings. The summed E-state index contributed by atoms with van der Waals surface area (Å²) in [6.07, 6.45) is 1.46. The molecule has 0 amide bonds. The molecule has 1 aromatic carbocycles. The van der Waals surface area contributed by atoms with E-state index in [-0.39, 0.29) is 0 Å². The van der Waals surface area contributed by atoms with E-state index in [1.807, 2.05) is 18.2 Å². The van der Waals surface area contributed by atoms with Crippen LogP contribution in [0.3, 0.4) is 0 Å². The van der Waals surface area contributed by atoms with Gasteiger partial charge in [-0.2, -0.15) is 4.99 Å². The predicted molar refractivity (Wildman–Crippen MR) is 47.2 cm³/mol. The van der Waals surface area contributed by atoms with Crippen LogP contribution in [0.15, 0.2) is 35.3 Å². The van der Waals surface area contributed by atoms with Crippen molar-refractivity contribution in [3.63, 3.8) is 0 Å². The van der Waals surface area contributed by atoms with Gasteiger partial charge in [0.2, 0.25) is 6.08 Å². The van der Waals surface area contributed by atoms with E-state index >= 15 is 0 Å². The largest absolute Gasteiger partial charge is 0.388 e. The fourth-order valence-electron chi connectivity index (χ4n) is 0.555.